The molecule has 0 bridgehead atoms. The molecule has 2 aromatic rings. The molecule has 1 aliphatic heterocycles. The third kappa shape index (κ3) is 4.26. The summed E-state index contributed by atoms with van der Waals surface area (Å²) in [6.07, 6.45) is 3.18. The summed E-state index contributed by atoms with van der Waals surface area (Å²) in [6, 6.07) is 13.2. The predicted molar refractivity (Wildman–Crippen MR) is 111 cm³/mol. The van der Waals surface area contributed by atoms with Crippen molar-refractivity contribution < 1.29 is 13.2 Å². The summed E-state index contributed by atoms with van der Waals surface area (Å²) >= 11 is 5.80. The van der Waals surface area contributed by atoms with E-state index in [2.05, 4.69) is 4.72 Å². The highest BCUT2D eigenvalue weighted by Gasteiger charge is 2.21. The molecular weight excluding hydrogens is 473 g/mol. The molecule has 0 spiro atoms. The summed E-state index contributed by atoms with van der Waals surface area (Å²) in [5.74, 6) is -0.300. The van der Waals surface area contributed by atoms with Crippen LogP contribution >= 0.6 is 32.3 Å². The first kappa shape index (κ1) is 18.0. The molecule has 4 nitrogen and oxygen atoms in total. The van der Waals surface area contributed by atoms with E-state index in [1.165, 1.54) is 12.1 Å². The number of rotatable bonds is 5. The van der Waals surface area contributed by atoms with E-state index in [4.69, 9.17) is 11.6 Å². The minimum absolute atomic E-state index is 0.173. The van der Waals surface area contributed by atoms with Gasteiger partial charge < -0.3 is 0 Å². The molecule has 0 aromatic heterocycles. The zero-order chi connectivity index (χ0) is 17.9. The van der Waals surface area contributed by atoms with Gasteiger partial charge in [-0.1, -0.05) is 62.7 Å². The van der Waals surface area contributed by atoms with Crippen molar-refractivity contribution in [2.75, 3.05) is 4.72 Å². The van der Waals surface area contributed by atoms with Gasteiger partial charge in [-0.2, -0.15) is 0 Å². The molecule has 0 fully saturated rings. The fourth-order valence-corrected chi connectivity index (χ4v) is 5.39. The lowest BCUT2D eigenvalue weighted by atomic mass is 10.0. The second kappa shape index (κ2) is 7.63. The van der Waals surface area contributed by atoms with Crippen molar-refractivity contribution in [3.63, 3.8) is 0 Å². The van der Waals surface area contributed by atoms with E-state index < -0.39 is 10.0 Å². The van der Waals surface area contributed by atoms with Gasteiger partial charge in [-0.05, 0) is 38.4 Å². The van der Waals surface area contributed by atoms with E-state index >= 15 is 0 Å². The number of ketones is 1. The molecule has 0 saturated heterocycles. The number of benzene rings is 2. The quantitative estimate of drug-likeness (QED) is 0.501. The van der Waals surface area contributed by atoms with Gasteiger partial charge in [-0.3, -0.25) is 9.52 Å². The molecule has 0 atom stereocenters. The average Bonchev–Trinajstić information content (AvgIpc) is 2.64. The Morgan fingerprint density at radius 1 is 1.08 bits per heavy atom. The molecule has 1 N–H and O–H groups in total. The smallest absolute Gasteiger partial charge is 0.261 e. The van der Waals surface area contributed by atoms with Gasteiger partial charge in [-0.25, -0.2) is 8.42 Å². The van der Waals surface area contributed by atoms with Gasteiger partial charge in [0.25, 0.3) is 10.0 Å². The molecular formula is C18H13ClINO3S. The molecule has 0 amide bonds. The lowest BCUT2D eigenvalue weighted by Crippen LogP contribution is -2.17. The Bertz CT molecular complexity index is 1010. The first-order valence-electron chi connectivity index (χ1n) is 7.21. The first-order valence-corrected chi connectivity index (χ1v) is 11.6. The highest BCUT2D eigenvalue weighted by atomic mass is 127. The third-order valence-corrected chi connectivity index (χ3v) is 6.58. The number of carbonyl (C=O) groups excluding carboxylic acids is 1. The molecule has 0 radical (unpaired) electrons. The molecule has 128 valence electrons. The van der Waals surface area contributed by atoms with E-state index in [9.17, 15) is 13.2 Å². The number of halogens is 2. The van der Waals surface area contributed by atoms with E-state index in [1.54, 1.807) is 48.6 Å². The van der Waals surface area contributed by atoms with Crippen molar-refractivity contribution in [2.45, 2.75) is 0 Å². The van der Waals surface area contributed by atoms with Crippen molar-refractivity contribution in [1.82, 2.24) is 0 Å². The molecule has 0 aliphatic carbocycles. The van der Waals surface area contributed by atoms with Crippen LogP contribution in [0.1, 0.15) is 15.9 Å². The van der Waals surface area contributed by atoms with Crippen LogP contribution in [0.25, 0.3) is 0 Å². The Morgan fingerprint density at radius 2 is 1.84 bits per heavy atom. The Morgan fingerprint density at radius 3 is 2.52 bits per heavy atom. The molecule has 3 rings (SSSR count). The maximum absolute atomic E-state index is 12.8. The number of hydrogen-bond donors (Lipinski definition) is 1. The van der Waals surface area contributed by atoms with Gasteiger partial charge in [-0.15, -0.1) is 0 Å². The highest BCUT2D eigenvalue weighted by molar-refractivity contribution is 14.2. The van der Waals surface area contributed by atoms with Crippen LogP contribution in [-0.2, 0) is 10.0 Å². The first-order chi connectivity index (χ1) is 12.0. The van der Waals surface area contributed by atoms with Crippen molar-refractivity contribution in [2.24, 2.45) is 0 Å². The SMILES string of the molecule is O=C(c1ccccc1)c1cc(Cl)ccc1NS(=O)(=O)C1=CC=IC=C1. The number of hydrogen-bond acceptors (Lipinski definition) is 3. The fourth-order valence-electron chi connectivity index (χ4n) is 2.22. The summed E-state index contributed by atoms with van der Waals surface area (Å²) < 4.78 is 31.4. The molecule has 7 heteroatoms. The van der Waals surface area contributed by atoms with Crippen molar-refractivity contribution in [3.8, 4) is 0 Å². The summed E-state index contributed by atoms with van der Waals surface area (Å²) in [5.41, 5.74) is 0.868. The largest absolute Gasteiger partial charge is 0.289 e. The van der Waals surface area contributed by atoms with Gasteiger partial charge in [0.15, 0.2) is 5.78 Å². The van der Waals surface area contributed by atoms with Crippen LogP contribution in [0.15, 0.2) is 69.7 Å². The van der Waals surface area contributed by atoms with Crippen molar-refractivity contribution >= 4 is 57.8 Å². The minimum atomic E-state index is -3.77. The van der Waals surface area contributed by atoms with Crippen LogP contribution in [0.3, 0.4) is 0 Å². The average molecular weight is 486 g/mol. The Balaban J connectivity index is 2.00. The van der Waals surface area contributed by atoms with Crippen LogP contribution in [0.5, 0.6) is 0 Å². The summed E-state index contributed by atoms with van der Waals surface area (Å²) in [4.78, 5) is 12.9. The van der Waals surface area contributed by atoms with Gasteiger partial charge in [0.1, 0.15) is 0 Å². The lowest BCUT2D eigenvalue weighted by Gasteiger charge is -2.13. The number of carbonyl (C=O) groups is 1. The van der Waals surface area contributed by atoms with Gasteiger partial charge in [0.05, 0.1) is 10.6 Å². The second-order valence-electron chi connectivity index (χ2n) is 5.10. The van der Waals surface area contributed by atoms with Crippen LogP contribution in [-0.4, -0.2) is 18.2 Å². The molecule has 1 heterocycles. The second-order valence-corrected chi connectivity index (χ2v) is 9.38. The topological polar surface area (TPSA) is 63.2 Å². The van der Waals surface area contributed by atoms with Crippen molar-refractivity contribution in [3.05, 3.63) is 85.8 Å². The Hall–Kier alpha value is -1.77. The maximum Gasteiger partial charge on any atom is 0.261 e. The highest BCUT2D eigenvalue weighted by Crippen LogP contribution is 2.26. The summed E-state index contributed by atoms with van der Waals surface area (Å²) in [5, 5.41) is 0.358. The van der Waals surface area contributed by atoms with Crippen LogP contribution in [0.4, 0.5) is 5.69 Å². The number of anilines is 1. The van der Waals surface area contributed by atoms with E-state index in [1.807, 2.05) is 8.09 Å². The van der Waals surface area contributed by atoms with Crippen molar-refractivity contribution in [1.29, 1.82) is 0 Å². The van der Waals surface area contributed by atoms with Crippen LogP contribution in [0, 0.1) is 0 Å². The van der Waals surface area contributed by atoms with E-state index in [0.717, 1.165) is 0 Å². The van der Waals surface area contributed by atoms with Gasteiger partial charge in [0, 0.05) is 16.1 Å². The standard InChI is InChI=1S/C18H13ClINO3S/c19-14-6-7-17(21-25(23,24)15-8-10-20-11-9-15)16(12-14)18(22)13-4-2-1-3-5-13/h1-12,21H. The molecule has 0 saturated carbocycles. The third-order valence-electron chi connectivity index (χ3n) is 3.42. The van der Waals surface area contributed by atoms with E-state index in [-0.39, 0.29) is 42.7 Å². The van der Waals surface area contributed by atoms with E-state index in [0.29, 0.717) is 10.6 Å². The predicted octanol–water partition coefficient (Wildman–Crippen LogP) is 4.50. The van der Waals surface area contributed by atoms with Crippen LogP contribution < -0.4 is 4.72 Å². The summed E-state index contributed by atoms with van der Waals surface area (Å²) in [7, 11) is -3.77. The fraction of sp³-hybridized carbons (Fsp3) is 0. The zero-order valence-electron chi connectivity index (χ0n) is 12.8. The lowest BCUT2D eigenvalue weighted by molar-refractivity contribution is 0.103. The number of nitrogens with one attached hydrogen (secondary N) is 1. The monoisotopic (exact) mass is 485 g/mol. The molecule has 2 aromatic carbocycles. The molecule has 25 heavy (non-hydrogen) atoms. The Labute approximate surface area is 161 Å². The Kier molecular flexibility index (Phi) is 5.51. The molecule has 1 aliphatic rings. The van der Waals surface area contributed by atoms with Crippen LogP contribution in [0.2, 0.25) is 5.02 Å². The minimum Gasteiger partial charge on any atom is -0.289 e. The van der Waals surface area contributed by atoms with Gasteiger partial charge >= 0.3 is 0 Å². The zero-order valence-corrected chi connectivity index (χ0v) is 16.5. The maximum atomic E-state index is 12.8. The number of sulfonamides is 1. The normalized spacial score (nSPS) is 13.7. The summed E-state index contributed by atoms with van der Waals surface area (Å²) in [6.45, 7) is 0. The van der Waals surface area contributed by atoms with Gasteiger partial charge in [0.2, 0.25) is 0 Å². The molecule has 0 unspecified atom stereocenters. The number of allylic oxidation sites excluding steroid dienone is 2.